The van der Waals surface area contributed by atoms with Gasteiger partial charge in [-0.05, 0) is 23.3 Å². The van der Waals surface area contributed by atoms with Gasteiger partial charge in [0.25, 0.3) is 5.69 Å². The maximum atomic E-state index is 10.7. The molecule has 4 nitrogen and oxygen atoms in total. The van der Waals surface area contributed by atoms with Gasteiger partial charge in [0, 0.05) is 30.9 Å². The molecule has 0 fully saturated rings. The maximum Gasteiger partial charge on any atom is 0.269 e. The van der Waals surface area contributed by atoms with Gasteiger partial charge in [-0.3, -0.25) is 10.1 Å². The fraction of sp³-hybridized carbons (Fsp3) is 0.143. The minimum atomic E-state index is -0.342. The molecule has 1 aliphatic rings. The van der Waals surface area contributed by atoms with E-state index in [1.807, 2.05) is 24.3 Å². The number of fused-ring (bicyclic) bond motifs is 1. The molecular formula is C14H12N2O2. The summed E-state index contributed by atoms with van der Waals surface area (Å²) in [5, 5.41) is 10.7. The van der Waals surface area contributed by atoms with Crippen LogP contribution in [0.1, 0.15) is 11.1 Å². The molecule has 0 radical (unpaired) electrons. The second-order valence-corrected chi connectivity index (χ2v) is 4.40. The SMILES string of the molecule is O=[N+]([O-])c1ccc2c(c1)CN(c1ccccc1)C2. The maximum absolute atomic E-state index is 10.7. The van der Waals surface area contributed by atoms with E-state index in [0.717, 1.165) is 24.3 Å². The van der Waals surface area contributed by atoms with Crippen LogP contribution >= 0.6 is 0 Å². The molecule has 2 aromatic rings. The molecule has 1 aliphatic heterocycles. The first-order chi connectivity index (χ1) is 8.74. The molecule has 0 bridgehead atoms. The smallest absolute Gasteiger partial charge is 0.269 e. The van der Waals surface area contributed by atoms with Crippen molar-refractivity contribution in [2.45, 2.75) is 13.1 Å². The van der Waals surface area contributed by atoms with Crippen molar-refractivity contribution in [3.63, 3.8) is 0 Å². The number of non-ortho nitro benzene ring substituents is 1. The van der Waals surface area contributed by atoms with Gasteiger partial charge in [0.1, 0.15) is 0 Å². The Bertz CT molecular complexity index is 596. The van der Waals surface area contributed by atoms with E-state index in [2.05, 4.69) is 17.0 Å². The topological polar surface area (TPSA) is 46.4 Å². The molecule has 0 aliphatic carbocycles. The Hall–Kier alpha value is -2.36. The lowest BCUT2D eigenvalue weighted by molar-refractivity contribution is -0.384. The second-order valence-electron chi connectivity index (χ2n) is 4.40. The Morgan fingerprint density at radius 1 is 1.00 bits per heavy atom. The zero-order valence-electron chi connectivity index (χ0n) is 9.74. The van der Waals surface area contributed by atoms with E-state index in [1.54, 1.807) is 12.1 Å². The average Bonchev–Trinajstić information content (AvgIpc) is 2.82. The van der Waals surface area contributed by atoms with Crippen molar-refractivity contribution in [1.82, 2.24) is 0 Å². The monoisotopic (exact) mass is 240 g/mol. The number of nitro groups is 1. The number of rotatable bonds is 2. The van der Waals surface area contributed by atoms with Crippen LogP contribution in [0.3, 0.4) is 0 Å². The van der Waals surface area contributed by atoms with Gasteiger partial charge in [0.05, 0.1) is 4.92 Å². The number of nitrogens with zero attached hydrogens (tertiary/aromatic N) is 2. The number of anilines is 1. The molecule has 0 amide bonds. The second kappa shape index (κ2) is 4.14. The minimum Gasteiger partial charge on any atom is -0.363 e. The van der Waals surface area contributed by atoms with Crippen molar-refractivity contribution >= 4 is 11.4 Å². The zero-order valence-corrected chi connectivity index (χ0v) is 9.74. The van der Waals surface area contributed by atoms with Crippen LogP contribution in [0, 0.1) is 10.1 Å². The van der Waals surface area contributed by atoms with Crippen LogP contribution in [-0.4, -0.2) is 4.92 Å². The minimum absolute atomic E-state index is 0.170. The molecule has 0 spiro atoms. The van der Waals surface area contributed by atoms with E-state index >= 15 is 0 Å². The van der Waals surface area contributed by atoms with Crippen molar-refractivity contribution in [3.05, 3.63) is 69.8 Å². The quantitative estimate of drug-likeness (QED) is 0.598. The third-order valence-corrected chi connectivity index (χ3v) is 3.24. The molecule has 1 heterocycles. The average molecular weight is 240 g/mol. The molecule has 0 saturated heterocycles. The summed E-state index contributed by atoms with van der Waals surface area (Å²) in [5.74, 6) is 0. The molecule has 0 aromatic heterocycles. The fourth-order valence-corrected chi connectivity index (χ4v) is 2.32. The van der Waals surface area contributed by atoms with Crippen molar-refractivity contribution in [2.24, 2.45) is 0 Å². The van der Waals surface area contributed by atoms with Crippen LogP contribution in [0.15, 0.2) is 48.5 Å². The van der Waals surface area contributed by atoms with Crippen molar-refractivity contribution in [3.8, 4) is 0 Å². The molecule has 3 rings (SSSR count). The first-order valence-corrected chi connectivity index (χ1v) is 5.80. The number of hydrogen-bond donors (Lipinski definition) is 0. The molecule has 4 heteroatoms. The summed E-state index contributed by atoms with van der Waals surface area (Å²) in [6.45, 7) is 1.55. The molecule has 2 aromatic carbocycles. The lowest BCUT2D eigenvalue weighted by Gasteiger charge is -2.17. The summed E-state index contributed by atoms with van der Waals surface area (Å²) in [4.78, 5) is 12.6. The summed E-state index contributed by atoms with van der Waals surface area (Å²) in [7, 11) is 0. The van der Waals surface area contributed by atoms with E-state index in [4.69, 9.17) is 0 Å². The first kappa shape index (κ1) is 10.8. The van der Waals surface area contributed by atoms with Crippen LogP contribution in [0.2, 0.25) is 0 Å². The van der Waals surface area contributed by atoms with E-state index in [0.29, 0.717) is 0 Å². The summed E-state index contributed by atoms with van der Waals surface area (Å²) in [6.07, 6.45) is 0. The first-order valence-electron chi connectivity index (χ1n) is 5.80. The van der Waals surface area contributed by atoms with Gasteiger partial charge in [-0.1, -0.05) is 24.3 Å². The molecule has 0 saturated carbocycles. The highest BCUT2D eigenvalue weighted by Gasteiger charge is 2.21. The highest BCUT2D eigenvalue weighted by Crippen LogP contribution is 2.30. The Morgan fingerprint density at radius 2 is 1.72 bits per heavy atom. The van der Waals surface area contributed by atoms with Gasteiger partial charge in [-0.25, -0.2) is 0 Å². The summed E-state index contributed by atoms with van der Waals surface area (Å²) < 4.78 is 0. The normalized spacial score (nSPS) is 13.4. The van der Waals surface area contributed by atoms with E-state index in [9.17, 15) is 10.1 Å². The van der Waals surface area contributed by atoms with Crippen LogP contribution in [-0.2, 0) is 13.1 Å². The van der Waals surface area contributed by atoms with Crippen molar-refractivity contribution < 1.29 is 4.92 Å². The molecule has 0 N–H and O–H groups in total. The highest BCUT2D eigenvalue weighted by molar-refractivity contribution is 5.53. The predicted octanol–water partition coefficient (Wildman–Crippen LogP) is 3.12. The Kier molecular flexibility index (Phi) is 2.48. The van der Waals surface area contributed by atoms with Crippen LogP contribution in [0.25, 0.3) is 0 Å². The number of nitro benzene ring substituents is 1. The third-order valence-electron chi connectivity index (χ3n) is 3.24. The van der Waals surface area contributed by atoms with Gasteiger partial charge in [0.15, 0.2) is 0 Å². The summed E-state index contributed by atoms with van der Waals surface area (Å²) in [6, 6.07) is 15.2. The van der Waals surface area contributed by atoms with E-state index in [1.165, 1.54) is 5.56 Å². The summed E-state index contributed by atoms with van der Waals surface area (Å²) >= 11 is 0. The van der Waals surface area contributed by atoms with Gasteiger partial charge in [0.2, 0.25) is 0 Å². The van der Waals surface area contributed by atoms with Gasteiger partial charge in [-0.2, -0.15) is 0 Å². The van der Waals surface area contributed by atoms with Crippen molar-refractivity contribution in [2.75, 3.05) is 4.90 Å². The van der Waals surface area contributed by atoms with Gasteiger partial charge >= 0.3 is 0 Å². The van der Waals surface area contributed by atoms with Crippen LogP contribution in [0.5, 0.6) is 0 Å². The molecular weight excluding hydrogens is 228 g/mol. The standard InChI is InChI=1S/C14H12N2O2/c17-16(18)14-7-6-11-9-15(10-12(11)8-14)13-4-2-1-3-5-13/h1-8H,9-10H2. The van der Waals surface area contributed by atoms with Gasteiger partial charge in [-0.15, -0.1) is 0 Å². The Balaban J connectivity index is 1.90. The highest BCUT2D eigenvalue weighted by atomic mass is 16.6. The summed E-state index contributed by atoms with van der Waals surface area (Å²) in [5.41, 5.74) is 3.54. The van der Waals surface area contributed by atoms with Crippen LogP contribution < -0.4 is 4.90 Å². The number of para-hydroxylation sites is 1. The number of hydrogen-bond acceptors (Lipinski definition) is 3. The largest absolute Gasteiger partial charge is 0.363 e. The molecule has 18 heavy (non-hydrogen) atoms. The van der Waals surface area contributed by atoms with E-state index < -0.39 is 0 Å². The number of benzene rings is 2. The lowest BCUT2D eigenvalue weighted by atomic mass is 10.1. The predicted molar refractivity (Wildman–Crippen MR) is 69.4 cm³/mol. The molecule has 0 unspecified atom stereocenters. The molecule has 90 valence electrons. The Labute approximate surface area is 105 Å². The lowest BCUT2D eigenvalue weighted by Crippen LogP contribution is -2.13. The Morgan fingerprint density at radius 3 is 2.44 bits per heavy atom. The van der Waals surface area contributed by atoms with E-state index in [-0.39, 0.29) is 10.6 Å². The zero-order chi connectivity index (χ0) is 12.5. The third kappa shape index (κ3) is 1.82. The molecule has 0 atom stereocenters. The van der Waals surface area contributed by atoms with Gasteiger partial charge < -0.3 is 4.90 Å². The van der Waals surface area contributed by atoms with Crippen molar-refractivity contribution in [1.29, 1.82) is 0 Å². The van der Waals surface area contributed by atoms with Crippen LogP contribution in [0.4, 0.5) is 11.4 Å². The fourth-order valence-electron chi connectivity index (χ4n) is 2.32.